The maximum atomic E-state index is 12.2. The van der Waals surface area contributed by atoms with Crippen molar-refractivity contribution in [3.63, 3.8) is 0 Å². The van der Waals surface area contributed by atoms with Crippen molar-refractivity contribution in [2.45, 2.75) is 19.3 Å². The molecule has 0 spiro atoms. The number of halogens is 2. The number of nitrogens with one attached hydrogen (secondary N) is 1. The Bertz CT molecular complexity index is 1260. The van der Waals surface area contributed by atoms with E-state index in [4.69, 9.17) is 27.9 Å². The maximum absolute atomic E-state index is 12.2. The second kappa shape index (κ2) is 10.4. The summed E-state index contributed by atoms with van der Waals surface area (Å²) in [5, 5.41) is 0.615. The van der Waals surface area contributed by atoms with Crippen molar-refractivity contribution < 1.29 is 9.53 Å². The highest BCUT2D eigenvalue weighted by atomic mass is 35.5. The first kappa shape index (κ1) is 22.0. The number of ether oxygens (including phenoxy) is 1. The molecule has 4 aromatic rings. The lowest BCUT2D eigenvalue weighted by atomic mass is 10.1. The predicted molar refractivity (Wildman–Crippen MR) is 126 cm³/mol. The normalized spacial score (nSPS) is 11.3. The van der Waals surface area contributed by atoms with Crippen LogP contribution in [0.3, 0.4) is 0 Å². The molecule has 0 bridgehead atoms. The summed E-state index contributed by atoms with van der Waals surface area (Å²) < 4.78 is 5.82. The van der Waals surface area contributed by atoms with Crippen molar-refractivity contribution in [2.24, 2.45) is 0 Å². The van der Waals surface area contributed by atoms with Gasteiger partial charge < -0.3 is 9.72 Å². The fourth-order valence-corrected chi connectivity index (χ4v) is 3.48. The average Bonchev–Trinajstić information content (AvgIpc) is 3.21. The van der Waals surface area contributed by atoms with Crippen LogP contribution in [-0.4, -0.2) is 32.3 Å². The molecule has 6 nitrogen and oxygen atoms in total. The van der Waals surface area contributed by atoms with Gasteiger partial charge in [-0.25, -0.2) is 15.0 Å². The molecule has 1 N–H and O–H groups in total. The smallest absolute Gasteiger partial charge is 0.222 e. The number of ketones is 1. The Labute approximate surface area is 195 Å². The molecule has 0 radical (unpaired) electrons. The molecule has 2 aromatic carbocycles. The van der Waals surface area contributed by atoms with Crippen LogP contribution < -0.4 is 4.74 Å². The number of carbonyl (C=O) groups excluding carboxylic acids is 1. The van der Waals surface area contributed by atoms with Crippen molar-refractivity contribution in [3.8, 4) is 5.75 Å². The molecule has 0 aliphatic carbocycles. The number of aromatic nitrogens is 4. The molecule has 0 saturated heterocycles. The highest BCUT2D eigenvalue weighted by Gasteiger charge is 2.08. The largest absolute Gasteiger partial charge is 0.493 e. The number of carbonyl (C=O) groups is 1. The summed E-state index contributed by atoms with van der Waals surface area (Å²) in [4.78, 5) is 27.9. The van der Waals surface area contributed by atoms with Gasteiger partial charge in [-0.05, 0) is 35.4 Å². The molecule has 0 unspecified atom stereocenters. The van der Waals surface area contributed by atoms with Crippen molar-refractivity contribution in [3.05, 3.63) is 88.2 Å². The van der Waals surface area contributed by atoms with Gasteiger partial charge in [-0.1, -0.05) is 48.0 Å². The summed E-state index contributed by atoms with van der Waals surface area (Å²) >= 11 is 11.9. The summed E-state index contributed by atoms with van der Waals surface area (Å²) in [6, 6.07) is 15.4. The van der Waals surface area contributed by atoms with Crippen LogP contribution in [0, 0.1) is 0 Å². The number of aryl methyl sites for hydroxylation is 1. The number of hydrogen-bond donors (Lipinski definition) is 1. The molecule has 0 aliphatic heterocycles. The molecule has 8 heteroatoms. The molecule has 162 valence electrons. The van der Waals surface area contributed by atoms with Gasteiger partial charge in [0.15, 0.2) is 5.78 Å². The van der Waals surface area contributed by atoms with Crippen LogP contribution in [0.2, 0.25) is 10.3 Å². The van der Waals surface area contributed by atoms with Gasteiger partial charge >= 0.3 is 0 Å². The third-order valence-corrected chi connectivity index (χ3v) is 5.26. The van der Waals surface area contributed by atoms with Crippen LogP contribution in [-0.2, 0) is 17.6 Å². The van der Waals surface area contributed by atoms with E-state index >= 15 is 0 Å². The quantitative estimate of drug-likeness (QED) is 0.260. The third-order valence-electron chi connectivity index (χ3n) is 4.77. The SMILES string of the molecule is O=C(/C=C/c1ccccc1)CCc1nc2ccc(OCCc3nc(Cl)ncc3Cl)cc2[nH]1. The van der Waals surface area contributed by atoms with Crippen LogP contribution in [0.1, 0.15) is 23.5 Å². The number of imidazole rings is 1. The summed E-state index contributed by atoms with van der Waals surface area (Å²) in [6.07, 6.45) is 6.34. The summed E-state index contributed by atoms with van der Waals surface area (Å²) in [7, 11) is 0. The van der Waals surface area contributed by atoms with E-state index in [0.717, 1.165) is 22.4 Å². The minimum absolute atomic E-state index is 0.0572. The molecular formula is C24H20Cl2N4O2. The topological polar surface area (TPSA) is 80.8 Å². The second-order valence-electron chi connectivity index (χ2n) is 7.10. The van der Waals surface area contributed by atoms with E-state index in [-0.39, 0.29) is 11.1 Å². The van der Waals surface area contributed by atoms with Crippen molar-refractivity contribution >= 4 is 46.1 Å². The first-order valence-corrected chi connectivity index (χ1v) is 10.9. The summed E-state index contributed by atoms with van der Waals surface area (Å²) in [5.41, 5.74) is 3.32. The molecular weight excluding hydrogens is 447 g/mol. The molecule has 0 fully saturated rings. The average molecular weight is 467 g/mol. The Kier molecular flexibility index (Phi) is 7.14. The van der Waals surface area contributed by atoms with E-state index in [1.165, 1.54) is 6.20 Å². The first-order chi connectivity index (χ1) is 15.6. The maximum Gasteiger partial charge on any atom is 0.222 e. The standard InChI is InChI=1S/C24H20Cl2N4O2/c25-19-15-27-24(26)30-20(19)12-13-32-18-9-10-21-22(14-18)29-23(28-21)11-8-17(31)7-6-16-4-2-1-3-5-16/h1-7,9-10,14-15H,8,11-13H2,(H,28,29)/b7-6+. The fourth-order valence-electron chi connectivity index (χ4n) is 3.15. The molecule has 0 aliphatic rings. The minimum Gasteiger partial charge on any atom is -0.493 e. The zero-order valence-electron chi connectivity index (χ0n) is 17.1. The van der Waals surface area contributed by atoms with Gasteiger partial charge in [0, 0.05) is 25.3 Å². The molecule has 4 rings (SSSR count). The second-order valence-corrected chi connectivity index (χ2v) is 7.85. The fraction of sp³-hybridized carbons (Fsp3) is 0.167. The lowest BCUT2D eigenvalue weighted by molar-refractivity contribution is -0.114. The number of fused-ring (bicyclic) bond motifs is 1. The van der Waals surface area contributed by atoms with Crippen LogP contribution in [0.5, 0.6) is 5.75 Å². The molecule has 2 heterocycles. The van der Waals surface area contributed by atoms with Crippen LogP contribution in [0.4, 0.5) is 0 Å². The number of benzene rings is 2. The third kappa shape index (κ3) is 5.93. The highest BCUT2D eigenvalue weighted by Crippen LogP contribution is 2.21. The van der Waals surface area contributed by atoms with Gasteiger partial charge in [0.25, 0.3) is 0 Å². The van der Waals surface area contributed by atoms with Crippen molar-refractivity contribution in [1.29, 1.82) is 0 Å². The van der Waals surface area contributed by atoms with Crippen molar-refractivity contribution in [2.75, 3.05) is 6.61 Å². The number of hydrogen-bond acceptors (Lipinski definition) is 5. The molecule has 0 saturated carbocycles. The minimum atomic E-state index is 0.0572. The van der Waals surface area contributed by atoms with Gasteiger partial charge in [-0.2, -0.15) is 0 Å². The highest BCUT2D eigenvalue weighted by molar-refractivity contribution is 6.31. The van der Waals surface area contributed by atoms with Gasteiger partial charge in [0.1, 0.15) is 11.6 Å². The van der Waals surface area contributed by atoms with E-state index in [9.17, 15) is 4.79 Å². The van der Waals surface area contributed by atoms with Crippen molar-refractivity contribution in [1.82, 2.24) is 19.9 Å². The monoisotopic (exact) mass is 466 g/mol. The number of rotatable bonds is 9. The van der Waals surface area contributed by atoms with Crippen LogP contribution in [0.15, 0.2) is 60.8 Å². The van der Waals surface area contributed by atoms with E-state index < -0.39 is 0 Å². The van der Waals surface area contributed by atoms with Crippen LogP contribution in [0.25, 0.3) is 17.1 Å². The van der Waals surface area contributed by atoms with Crippen LogP contribution >= 0.6 is 23.2 Å². The van der Waals surface area contributed by atoms with Gasteiger partial charge in [-0.3, -0.25) is 4.79 Å². The molecule has 0 amide bonds. The lowest BCUT2D eigenvalue weighted by Gasteiger charge is -2.07. The Morgan fingerprint density at radius 2 is 1.91 bits per heavy atom. The van der Waals surface area contributed by atoms with Gasteiger partial charge in [-0.15, -0.1) is 0 Å². The van der Waals surface area contributed by atoms with E-state index in [1.54, 1.807) is 6.08 Å². The molecule has 32 heavy (non-hydrogen) atoms. The Morgan fingerprint density at radius 3 is 2.75 bits per heavy atom. The Balaban J connectivity index is 1.32. The Morgan fingerprint density at radius 1 is 1.06 bits per heavy atom. The van der Waals surface area contributed by atoms with E-state index in [0.29, 0.717) is 42.3 Å². The number of aromatic amines is 1. The van der Waals surface area contributed by atoms with E-state index in [1.807, 2.05) is 54.6 Å². The number of H-pyrrole nitrogens is 1. The predicted octanol–water partition coefficient (Wildman–Crippen LogP) is 5.50. The first-order valence-electron chi connectivity index (χ1n) is 10.1. The van der Waals surface area contributed by atoms with Gasteiger partial charge in [0.2, 0.25) is 5.28 Å². The summed E-state index contributed by atoms with van der Waals surface area (Å²) in [5.74, 6) is 1.52. The summed E-state index contributed by atoms with van der Waals surface area (Å²) in [6.45, 7) is 0.391. The number of nitrogens with zero attached hydrogens (tertiary/aromatic N) is 3. The lowest BCUT2D eigenvalue weighted by Crippen LogP contribution is -2.04. The number of allylic oxidation sites excluding steroid dienone is 1. The molecule has 2 aromatic heterocycles. The molecule has 0 atom stereocenters. The van der Waals surface area contributed by atoms with Gasteiger partial charge in [0.05, 0.1) is 34.6 Å². The zero-order chi connectivity index (χ0) is 22.3. The zero-order valence-corrected chi connectivity index (χ0v) is 18.6. The van der Waals surface area contributed by atoms with E-state index in [2.05, 4.69) is 19.9 Å². The Hall–Kier alpha value is -3.22.